The fourth-order valence-corrected chi connectivity index (χ4v) is 4.51. The highest BCUT2D eigenvalue weighted by molar-refractivity contribution is 5.94. The van der Waals surface area contributed by atoms with Crippen molar-refractivity contribution >= 4 is 17.7 Å². The van der Waals surface area contributed by atoms with Gasteiger partial charge in [0.25, 0.3) is 5.91 Å². The summed E-state index contributed by atoms with van der Waals surface area (Å²) >= 11 is 0. The molecule has 3 saturated heterocycles. The normalized spacial score (nSPS) is 26.8. The molecule has 0 unspecified atom stereocenters. The second-order valence-corrected chi connectivity index (χ2v) is 8.06. The number of morpholine rings is 1. The summed E-state index contributed by atoms with van der Waals surface area (Å²) in [5.74, 6) is -0.746. The molecule has 3 atom stereocenters. The van der Waals surface area contributed by atoms with Gasteiger partial charge in [0, 0.05) is 50.2 Å². The van der Waals surface area contributed by atoms with Gasteiger partial charge >= 0.3 is 0 Å². The Balaban J connectivity index is 1.34. The fraction of sp³-hybridized carbons (Fsp3) is 0.571. The van der Waals surface area contributed by atoms with E-state index in [-0.39, 0.29) is 41.4 Å². The maximum atomic E-state index is 13.4. The molecule has 3 amide bonds. The van der Waals surface area contributed by atoms with Crippen LogP contribution in [-0.2, 0) is 14.3 Å². The molecule has 0 aromatic heterocycles. The van der Waals surface area contributed by atoms with E-state index in [1.54, 1.807) is 6.07 Å². The van der Waals surface area contributed by atoms with Crippen molar-refractivity contribution < 1.29 is 23.5 Å². The minimum Gasteiger partial charge on any atom is -0.378 e. The van der Waals surface area contributed by atoms with Crippen LogP contribution in [0.2, 0.25) is 0 Å². The Labute approximate surface area is 174 Å². The number of ether oxygens (including phenoxy) is 1. The number of piperazine rings is 1. The van der Waals surface area contributed by atoms with Crippen molar-refractivity contribution in [3.63, 3.8) is 0 Å². The maximum Gasteiger partial charge on any atom is 0.251 e. The second-order valence-electron chi connectivity index (χ2n) is 8.06. The first kappa shape index (κ1) is 20.7. The molecule has 4 rings (SSSR count). The third-order valence-corrected chi connectivity index (χ3v) is 6.10. The van der Waals surface area contributed by atoms with Crippen LogP contribution in [0.25, 0.3) is 0 Å². The van der Waals surface area contributed by atoms with Crippen molar-refractivity contribution in [2.75, 3.05) is 39.4 Å². The molecule has 1 aromatic rings. The van der Waals surface area contributed by atoms with Crippen LogP contribution in [0.15, 0.2) is 24.3 Å². The van der Waals surface area contributed by atoms with E-state index in [1.807, 2.05) is 4.90 Å². The molecular formula is C21H27FN4O4. The number of amides is 3. The summed E-state index contributed by atoms with van der Waals surface area (Å²) in [5.41, 5.74) is 0.261. The third kappa shape index (κ3) is 4.62. The average Bonchev–Trinajstić information content (AvgIpc) is 3.18. The van der Waals surface area contributed by atoms with Gasteiger partial charge in [0.2, 0.25) is 11.8 Å². The Morgan fingerprint density at radius 3 is 2.83 bits per heavy atom. The van der Waals surface area contributed by atoms with Gasteiger partial charge in [-0.1, -0.05) is 6.07 Å². The van der Waals surface area contributed by atoms with Crippen LogP contribution in [0.5, 0.6) is 0 Å². The van der Waals surface area contributed by atoms with E-state index in [0.717, 1.165) is 0 Å². The summed E-state index contributed by atoms with van der Waals surface area (Å²) in [6.45, 7) is 3.44. The molecule has 162 valence electrons. The molecule has 3 fully saturated rings. The van der Waals surface area contributed by atoms with E-state index in [2.05, 4.69) is 15.5 Å². The zero-order valence-corrected chi connectivity index (χ0v) is 16.8. The summed E-state index contributed by atoms with van der Waals surface area (Å²) in [5, 5.41) is 5.85. The van der Waals surface area contributed by atoms with Gasteiger partial charge in [0.1, 0.15) is 5.82 Å². The van der Waals surface area contributed by atoms with E-state index in [0.29, 0.717) is 58.7 Å². The van der Waals surface area contributed by atoms with Crippen LogP contribution in [0.3, 0.4) is 0 Å². The van der Waals surface area contributed by atoms with Crippen LogP contribution in [0.1, 0.15) is 29.6 Å². The van der Waals surface area contributed by atoms with Crippen LogP contribution < -0.4 is 10.6 Å². The Hall–Kier alpha value is -2.52. The lowest BCUT2D eigenvalue weighted by atomic mass is 10.0. The molecule has 0 saturated carbocycles. The zero-order valence-electron chi connectivity index (χ0n) is 16.8. The first-order valence-corrected chi connectivity index (χ1v) is 10.5. The highest BCUT2D eigenvalue weighted by Gasteiger charge is 2.43. The number of benzene rings is 1. The van der Waals surface area contributed by atoms with Crippen LogP contribution in [-0.4, -0.2) is 85.0 Å². The van der Waals surface area contributed by atoms with Gasteiger partial charge < -0.3 is 20.3 Å². The van der Waals surface area contributed by atoms with Gasteiger partial charge in [-0.25, -0.2) is 4.39 Å². The van der Waals surface area contributed by atoms with E-state index in [9.17, 15) is 18.8 Å². The van der Waals surface area contributed by atoms with Crippen molar-refractivity contribution in [1.82, 2.24) is 20.4 Å². The molecule has 0 bridgehead atoms. The van der Waals surface area contributed by atoms with E-state index in [1.165, 1.54) is 18.2 Å². The Kier molecular flexibility index (Phi) is 6.29. The van der Waals surface area contributed by atoms with Gasteiger partial charge in [-0.05, 0) is 31.0 Å². The topological polar surface area (TPSA) is 91.0 Å². The van der Waals surface area contributed by atoms with Crippen LogP contribution >= 0.6 is 0 Å². The average molecular weight is 418 g/mol. The number of fused-ring (bicyclic) bond motifs is 1. The van der Waals surface area contributed by atoms with Gasteiger partial charge in [0.05, 0.1) is 19.3 Å². The maximum absolute atomic E-state index is 13.4. The van der Waals surface area contributed by atoms with Crippen molar-refractivity contribution in [1.29, 1.82) is 0 Å². The lowest BCUT2D eigenvalue weighted by Gasteiger charge is -2.37. The number of carbonyl (C=O) groups is 3. The minimum absolute atomic E-state index is 0.0479. The molecule has 9 heteroatoms. The van der Waals surface area contributed by atoms with E-state index < -0.39 is 5.82 Å². The number of nitrogens with zero attached hydrogens (tertiary/aromatic N) is 2. The molecule has 3 heterocycles. The van der Waals surface area contributed by atoms with Gasteiger partial charge in [-0.3, -0.25) is 19.3 Å². The largest absolute Gasteiger partial charge is 0.378 e. The number of carbonyl (C=O) groups excluding carboxylic acids is 3. The zero-order chi connectivity index (χ0) is 21.1. The first-order valence-electron chi connectivity index (χ1n) is 10.5. The fourth-order valence-electron chi connectivity index (χ4n) is 4.51. The highest BCUT2D eigenvalue weighted by Crippen LogP contribution is 2.26. The van der Waals surface area contributed by atoms with Gasteiger partial charge in [-0.2, -0.15) is 0 Å². The molecule has 30 heavy (non-hydrogen) atoms. The molecule has 0 spiro atoms. The SMILES string of the molecule is O=C(N[C@@H]1C[C@H]2C(=O)NC[C@@H](CCC(=O)N3CCOCC3)N2C1)c1cccc(F)c1. The molecule has 3 aliphatic heterocycles. The van der Waals surface area contributed by atoms with Crippen LogP contribution in [0, 0.1) is 5.82 Å². The molecule has 1 aromatic carbocycles. The van der Waals surface area contributed by atoms with E-state index >= 15 is 0 Å². The van der Waals surface area contributed by atoms with Gasteiger partial charge in [0.15, 0.2) is 0 Å². The van der Waals surface area contributed by atoms with Crippen LogP contribution in [0.4, 0.5) is 4.39 Å². The standard InChI is InChI=1S/C21H27FN4O4/c22-15-3-1-2-14(10-15)20(28)24-16-11-18-21(29)23-12-17(26(18)13-16)4-5-19(27)25-6-8-30-9-7-25/h1-3,10,16-18H,4-9,11-13H2,(H,23,29)(H,24,28)/t16-,17-,18+/m1/s1. The van der Waals surface area contributed by atoms with Crippen molar-refractivity contribution in [3.05, 3.63) is 35.6 Å². The summed E-state index contributed by atoms with van der Waals surface area (Å²) in [7, 11) is 0. The molecule has 0 aliphatic carbocycles. The number of halogens is 1. The van der Waals surface area contributed by atoms with Crippen molar-refractivity contribution in [2.45, 2.75) is 37.4 Å². The highest BCUT2D eigenvalue weighted by atomic mass is 19.1. The van der Waals surface area contributed by atoms with Gasteiger partial charge in [-0.15, -0.1) is 0 Å². The Morgan fingerprint density at radius 2 is 2.07 bits per heavy atom. The predicted octanol–water partition coefficient (Wildman–Crippen LogP) is 0.136. The lowest BCUT2D eigenvalue weighted by Crippen LogP contribution is -2.58. The molecule has 8 nitrogen and oxygen atoms in total. The van der Waals surface area contributed by atoms with Crippen molar-refractivity contribution in [3.8, 4) is 0 Å². The number of rotatable bonds is 5. The Morgan fingerprint density at radius 1 is 1.27 bits per heavy atom. The molecule has 2 N–H and O–H groups in total. The first-order chi connectivity index (χ1) is 14.5. The van der Waals surface area contributed by atoms with E-state index in [4.69, 9.17) is 4.74 Å². The summed E-state index contributed by atoms with van der Waals surface area (Å²) in [4.78, 5) is 41.2. The molecular weight excluding hydrogens is 391 g/mol. The Bertz CT molecular complexity index is 814. The number of hydrogen-bond donors (Lipinski definition) is 2. The lowest BCUT2D eigenvalue weighted by molar-refractivity contribution is -0.136. The van der Waals surface area contributed by atoms with Crippen molar-refractivity contribution in [2.24, 2.45) is 0 Å². The molecule has 0 radical (unpaired) electrons. The number of nitrogens with one attached hydrogen (secondary N) is 2. The summed E-state index contributed by atoms with van der Waals surface area (Å²) < 4.78 is 18.7. The monoisotopic (exact) mass is 418 g/mol. The predicted molar refractivity (Wildman–Crippen MR) is 106 cm³/mol. The minimum atomic E-state index is -0.462. The number of hydrogen-bond acceptors (Lipinski definition) is 5. The second kappa shape index (κ2) is 9.09. The smallest absolute Gasteiger partial charge is 0.251 e. The third-order valence-electron chi connectivity index (χ3n) is 6.10. The summed E-state index contributed by atoms with van der Waals surface area (Å²) in [6.07, 6.45) is 1.57. The quantitative estimate of drug-likeness (QED) is 0.710. The molecule has 3 aliphatic rings. The summed E-state index contributed by atoms with van der Waals surface area (Å²) in [6, 6.07) is 5.08.